The first kappa shape index (κ1) is 20.8. The fraction of sp³-hybridized carbons (Fsp3) is 0.250. The third kappa shape index (κ3) is 4.26. The van der Waals surface area contributed by atoms with Crippen LogP contribution in [0.2, 0.25) is 0 Å². The molecule has 0 saturated carbocycles. The molecule has 9 nitrogen and oxygen atoms in total. The SMILES string of the molecule is Cc1cc(S(=O)(=O)N(C)C)cc(NS(=O)(=O)c2ccc([N+](=O)[O-])cc2)c1C. The minimum absolute atomic E-state index is 0.0444. The summed E-state index contributed by atoms with van der Waals surface area (Å²) < 4.78 is 53.3. The van der Waals surface area contributed by atoms with Gasteiger partial charge in [0, 0.05) is 26.2 Å². The molecule has 0 aromatic heterocycles. The van der Waals surface area contributed by atoms with Gasteiger partial charge in [0.25, 0.3) is 15.7 Å². The molecule has 0 aliphatic carbocycles. The van der Waals surface area contributed by atoms with Gasteiger partial charge in [-0.1, -0.05) is 0 Å². The fourth-order valence-corrected chi connectivity index (χ4v) is 4.37. The lowest BCUT2D eigenvalue weighted by atomic mass is 10.1. The van der Waals surface area contributed by atoms with Gasteiger partial charge in [0.1, 0.15) is 0 Å². The van der Waals surface area contributed by atoms with Crippen molar-refractivity contribution in [1.29, 1.82) is 0 Å². The van der Waals surface area contributed by atoms with E-state index >= 15 is 0 Å². The van der Waals surface area contributed by atoms with Gasteiger partial charge in [-0.2, -0.15) is 0 Å². The Morgan fingerprint density at radius 3 is 2.00 bits per heavy atom. The number of non-ortho nitro benzene ring substituents is 1. The zero-order valence-corrected chi connectivity index (χ0v) is 16.8. The molecule has 11 heteroatoms. The van der Waals surface area contributed by atoms with Crippen molar-refractivity contribution >= 4 is 31.4 Å². The molecule has 0 unspecified atom stereocenters. The van der Waals surface area contributed by atoms with Crippen molar-refractivity contribution < 1.29 is 21.8 Å². The van der Waals surface area contributed by atoms with E-state index in [0.717, 1.165) is 28.6 Å². The normalized spacial score (nSPS) is 12.2. The number of sulfonamides is 2. The summed E-state index contributed by atoms with van der Waals surface area (Å²) in [6, 6.07) is 7.11. The molecule has 0 spiro atoms. The van der Waals surface area contributed by atoms with Gasteiger partial charge in [-0.15, -0.1) is 0 Å². The van der Waals surface area contributed by atoms with E-state index in [2.05, 4.69) is 4.72 Å². The van der Waals surface area contributed by atoms with Crippen molar-refractivity contribution in [3.8, 4) is 0 Å². The second-order valence-corrected chi connectivity index (χ2v) is 9.89. The average molecular weight is 413 g/mol. The molecule has 2 aromatic carbocycles. The quantitative estimate of drug-likeness (QED) is 0.572. The monoisotopic (exact) mass is 413 g/mol. The molecule has 0 atom stereocenters. The Kier molecular flexibility index (Phi) is 5.59. The number of aryl methyl sites for hydroxylation is 1. The van der Waals surface area contributed by atoms with Crippen molar-refractivity contribution in [3.63, 3.8) is 0 Å². The van der Waals surface area contributed by atoms with Crippen LogP contribution in [0.15, 0.2) is 46.2 Å². The zero-order chi connectivity index (χ0) is 20.6. The third-order valence-corrected chi connectivity index (χ3v) is 7.20. The average Bonchev–Trinajstić information content (AvgIpc) is 2.58. The van der Waals surface area contributed by atoms with E-state index in [0.29, 0.717) is 11.1 Å². The Balaban J connectivity index is 2.49. The summed E-state index contributed by atoms with van der Waals surface area (Å²) in [7, 11) is -5.05. The maximum absolute atomic E-state index is 12.6. The summed E-state index contributed by atoms with van der Waals surface area (Å²) in [5.41, 5.74) is 1.05. The first-order chi connectivity index (χ1) is 12.4. The Morgan fingerprint density at radius 1 is 0.963 bits per heavy atom. The molecule has 0 bridgehead atoms. The van der Waals surface area contributed by atoms with Crippen LogP contribution in [0.4, 0.5) is 11.4 Å². The summed E-state index contributed by atoms with van der Waals surface area (Å²) in [4.78, 5) is 9.85. The van der Waals surface area contributed by atoms with Crippen LogP contribution in [0.3, 0.4) is 0 Å². The van der Waals surface area contributed by atoms with Gasteiger partial charge in [0.05, 0.1) is 20.4 Å². The number of nitro benzene ring substituents is 1. The topological polar surface area (TPSA) is 127 Å². The third-order valence-electron chi connectivity index (χ3n) is 4.02. The largest absolute Gasteiger partial charge is 0.279 e. The molecule has 27 heavy (non-hydrogen) atoms. The standard InChI is InChI=1S/C16H19N3O6S2/c1-11-9-15(27(24,25)18(3)4)10-16(12(11)2)17-26(22,23)14-7-5-13(6-8-14)19(20)21/h5-10,17H,1-4H3. The van der Waals surface area contributed by atoms with E-state index in [1.807, 2.05) is 0 Å². The maximum atomic E-state index is 12.6. The van der Waals surface area contributed by atoms with Crippen molar-refractivity contribution in [1.82, 2.24) is 4.31 Å². The molecule has 0 fully saturated rings. The van der Waals surface area contributed by atoms with Crippen LogP contribution in [-0.4, -0.2) is 40.2 Å². The van der Waals surface area contributed by atoms with E-state index in [9.17, 15) is 26.9 Å². The second-order valence-electron chi connectivity index (χ2n) is 6.06. The van der Waals surface area contributed by atoms with E-state index in [1.165, 1.54) is 26.2 Å². The van der Waals surface area contributed by atoms with E-state index in [4.69, 9.17) is 0 Å². The van der Waals surface area contributed by atoms with E-state index < -0.39 is 25.0 Å². The van der Waals surface area contributed by atoms with Crippen LogP contribution in [0.5, 0.6) is 0 Å². The molecule has 0 aliphatic heterocycles. The van der Waals surface area contributed by atoms with Gasteiger partial charge in [0.15, 0.2) is 0 Å². The van der Waals surface area contributed by atoms with Crippen LogP contribution in [0, 0.1) is 24.0 Å². The smallest absolute Gasteiger partial charge is 0.269 e. The lowest BCUT2D eigenvalue weighted by Gasteiger charge is -2.17. The minimum atomic E-state index is -4.06. The first-order valence-corrected chi connectivity index (χ1v) is 10.6. The maximum Gasteiger partial charge on any atom is 0.269 e. The molecule has 0 amide bonds. The summed E-state index contributed by atoms with van der Waals surface area (Å²) in [5, 5.41) is 10.7. The van der Waals surface area contributed by atoms with E-state index in [-0.39, 0.29) is 21.2 Å². The van der Waals surface area contributed by atoms with Gasteiger partial charge < -0.3 is 0 Å². The molecule has 1 N–H and O–H groups in total. The number of nitro groups is 1. The number of anilines is 1. The summed E-state index contributed by atoms with van der Waals surface area (Å²) in [6.07, 6.45) is 0. The predicted octanol–water partition coefficient (Wildman–Crippen LogP) is 2.26. The first-order valence-electron chi connectivity index (χ1n) is 7.67. The molecule has 2 rings (SSSR count). The summed E-state index contributed by atoms with van der Waals surface area (Å²) in [5.74, 6) is 0. The van der Waals surface area contributed by atoms with Crippen molar-refractivity contribution in [3.05, 3.63) is 57.6 Å². The Morgan fingerprint density at radius 2 is 1.52 bits per heavy atom. The zero-order valence-electron chi connectivity index (χ0n) is 15.1. The van der Waals surface area contributed by atoms with Crippen LogP contribution < -0.4 is 4.72 Å². The van der Waals surface area contributed by atoms with Crippen LogP contribution >= 0.6 is 0 Å². The van der Waals surface area contributed by atoms with Gasteiger partial charge in [0.2, 0.25) is 10.0 Å². The fourth-order valence-electron chi connectivity index (χ4n) is 2.24. The van der Waals surface area contributed by atoms with Crippen LogP contribution in [0.25, 0.3) is 0 Å². The van der Waals surface area contributed by atoms with Crippen LogP contribution in [-0.2, 0) is 20.0 Å². The number of nitrogens with one attached hydrogen (secondary N) is 1. The Bertz CT molecular complexity index is 1090. The molecular weight excluding hydrogens is 394 g/mol. The highest BCUT2D eigenvalue weighted by atomic mass is 32.2. The van der Waals surface area contributed by atoms with Crippen molar-refractivity contribution in [2.45, 2.75) is 23.6 Å². The molecule has 0 saturated heterocycles. The van der Waals surface area contributed by atoms with Crippen molar-refractivity contribution in [2.24, 2.45) is 0 Å². The Labute approximate surface area is 157 Å². The van der Waals surface area contributed by atoms with Crippen molar-refractivity contribution in [2.75, 3.05) is 18.8 Å². The Hall–Kier alpha value is -2.50. The molecule has 0 radical (unpaired) electrons. The number of nitrogens with zero attached hydrogens (tertiary/aromatic N) is 2. The lowest BCUT2D eigenvalue weighted by molar-refractivity contribution is -0.384. The van der Waals surface area contributed by atoms with Gasteiger partial charge >= 0.3 is 0 Å². The summed E-state index contributed by atoms with van der Waals surface area (Å²) >= 11 is 0. The molecule has 0 aliphatic rings. The highest BCUT2D eigenvalue weighted by Gasteiger charge is 2.22. The van der Waals surface area contributed by atoms with Gasteiger partial charge in [-0.25, -0.2) is 21.1 Å². The lowest BCUT2D eigenvalue weighted by Crippen LogP contribution is -2.23. The predicted molar refractivity (Wildman–Crippen MR) is 101 cm³/mol. The second kappa shape index (κ2) is 7.25. The molecular formula is C16H19N3O6S2. The van der Waals surface area contributed by atoms with Gasteiger partial charge in [-0.05, 0) is 49.2 Å². The minimum Gasteiger partial charge on any atom is -0.279 e. The number of hydrogen-bond donors (Lipinski definition) is 1. The highest BCUT2D eigenvalue weighted by Crippen LogP contribution is 2.28. The highest BCUT2D eigenvalue weighted by molar-refractivity contribution is 7.92. The number of hydrogen-bond acceptors (Lipinski definition) is 6. The number of benzene rings is 2. The van der Waals surface area contributed by atoms with Gasteiger partial charge in [-0.3, -0.25) is 14.8 Å². The molecule has 2 aromatic rings. The molecule has 146 valence electrons. The number of rotatable bonds is 6. The van der Waals surface area contributed by atoms with Crippen LogP contribution in [0.1, 0.15) is 11.1 Å². The van der Waals surface area contributed by atoms with E-state index in [1.54, 1.807) is 13.8 Å². The summed E-state index contributed by atoms with van der Waals surface area (Å²) in [6.45, 7) is 3.34. The molecule has 0 heterocycles.